The Kier molecular flexibility index (Phi) is 8.51. The van der Waals surface area contributed by atoms with E-state index in [1.165, 1.54) is 0 Å². The topological polar surface area (TPSA) is 224 Å². The number of hydrogen-bond donors (Lipinski definition) is 8. The van der Waals surface area contributed by atoms with Crippen LogP contribution in [-0.4, -0.2) is 126 Å². The maximum absolute atomic E-state index is 11.6. The lowest BCUT2D eigenvalue weighted by atomic mass is 9.95. The van der Waals surface area contributed by atoms with Gasteiger partial charge in [0.2, 0.25) is 15.9 Å². The molecule has 15 heteroatoms. The van der Waals surface area contributed by atoms with E-state index in [1.807, 2.05) is 4.72 Å². The Balaban J connectivity index is 2.26. The zero-order chi connectivity index (χ0) is 22.8. The molecule has 0 radical (unpaired) electrons. The molecule has 2 aliphatic rings. The highest BCUT2D eigenvalue weighted by atomic mass is 32.2. The van der Waals surface area contributed by atoms with Crippen molar-refractivity contribution in [2.45, 2.75) is 68.2 Å². The van der Waals surface area contributed by atoms with Crippen LogP contribution in [0.15, 0.2) is 0 Å². The van der Waals surface area contributed by atoms with Crippen molar-refractivity contribution in [3.8, 4) is 0 Å². The molecule has 10 atom stereocenters. The van der Waals surface area contributed by atoms with Crippen LogP contribution in [0.4, 0.5) is 0 Å². The number of ether oxygens (including phenoxy) is 3. The summed E-state index contributed by atoms with van der Waals surface area (Å²) in [5.74, 6) is -0.599. The third-order valence-electron chi connectivity index (χ3n) is 4.77. The zero-order valence-electron chi connectivity index (χ0n) is 16.2. The molecule has 8 N–H and O–H groups in total. The van der Waals surface area contributed by atoms with E-state index in [0.717, 1.165) is 13.2 Å². The molecule has 2 fully saturated rings. The average Bonchev–Trinajstić information content (AvgIpc) is 2.65. The van der Waals surface area contributed by atoms with Gasteiger partial charge in [-0.2, -0.15) is 0 Å². The lowest BCUT2D eigenvalue weighted by Crippen LogP contribution is -2.68. The normalized spacial score (nSPS) is 42.7. The number of carbonyl (C=O) groups is 1. The van der Waals surface area contributed by atoms with E-state index < -0.39 is 90.4 Å². The van der Waals surface area contributed by atoms with Crippen molar-refractivity contribution in [2.75, 3.05) is 19.5 Å². The number of rotatable bonds is 7. The third kappa shape index (κ3) is 5.83. The molecular formula is C15H28N2O12S. The van der Waals surface area contributed by atoms with E-state index >= 15 is 0 Å². The number of amides is 1. The van der Waals surface area contributed by atoms with Gasteiger partial charge in [0.15, 0.2) is 12.6 Å². The largest absolute Gasteiger partial charge is 0.394 e. The number of aliphatic hydroxyl groups is 6. The molecule has 0 aromatic heterocycles. The van der Waals surface area contributed by atoms with Crippen LogP contribution in [-0.2, 0) is 29.0 Å². The molecule has 0 aliphatic carbocycles. The fourth-order valence-electron chi connectivity index (χ4n) is 3.38. The fraction of sp³-hybridized carbons (Fsp3) is 0.933. The summed E-state index contributed by atoms with van der Waals surface area (Å²) >= 11 is 0. The van der Waals surface area contributed by atoms with Crippen molar-refractivity contribution < 1.29 is 58.1 Å². The summed E-state index contributed by atoms with van der Waals surface area (Å²) in [7, 11) is -3.89. The zero-order valence-corrected chi connectivity index (χ0v) is 17.0. The molecule has 1 amide bonds. The molecule has 30 heavy (non-hydrogen) atoms. The molecule has 14 nitrogen and oxygen atoms in total. The molecule has 2 heterocycles. The van der Waals surface area contributed by atoms with Crippen LogP contribution in [0.3, 0.4) is 0 Å². The second-order valence-corrected chi connectivity index (χ2v) is 8.97. The highest BCUT2D eigenvalue weighted by Crippen LogP contribution is 2.28. The van der Waals surface area contributed by atoms with Crippen LogP contribution < -0.4 is 10.0 Å². The standard InChI is InChI=1S/C15H28N2O12S/c1-5(20)16-9-11(22)13(7(4-19)27-14(9)24)29-15-12(23)8(17-30(2,25)26)10(21)6(3-18)28-15/h6-15,17-19,21-24H,3-4H2,1-2H3,(H,16,20)/t6-,7-,8+,9-,10+,11-,12-,13-,14-,15+/m1/s1. The summed E-state index contributed by atoms with van der Waals surface area (Å²) in [5, 5.41) is 62.4. The minimum atomic E-state index is -3.89. The summed E-state index contributed by atoms with van der Waals surface area (Å²) in [4.78, 5) is 11.3. The molecule has 0 unspecified atom stereocenters. The highest BCUT2D eigenvalue weighted by molar-refractivity contribution is 7.88. The van der Waals surface area contributed by atoms with Gasteiger partial charge in [0.05, 0.1) is 25.5 Å². The number of carbonyl (C=O) groups excluding carboxylic acids is 1. The Morgan fingerprint density at radius 2 is 1.57 bits per heavy atom. The van der Waals surface area contributed by atoms with E-state index in [2.05, 4.69) is 5.32 Å². The summed E-state index contributed by atoms with van der Waals surface area (Å²) < 4.78 is 41.1. The molecule has 0 bridgehead atoms. The maximum Gasteiger partial charge on any atom is 0.217 e. The van der Waals surface area contributed by atoms with E-state index in [-0.39, 0.29) is 0 Å². The van der Waals surface area contributed by atoms with E-state index in [4.69, 9.17) is 14.2 Å². The van der Waals surface area contributed by atoms with Crippen molar-refractivity contribution in [1.29, 1.82) is 0 Å². The Hall–Kier alpha value is -0.980. The molecule has 2 aliphatic heterocycles. The van der Waals surface area contributed by atoms with Gasteiger partial charge in [-0.3, -0.25) is 4.79 Å². The second kappa shape index (κ2) is 10.1. The van der Waals surface area contributed by atoms with Gasteiger partial charge >= 0.3 is 0 Å². The number of aliphatic hydroxyl groups excluding tert-OH is 6. The number of hydrogen-bond acceptors (Lipinski definition) is 12. The number of nitrogens with one attached hydrogen (secondary N) is 2. The van der Waals surface area contributed by atoms with Gasteiger partial charge in [-0.1, -0.05) is 0 Å². The van der Waals surface area contributed by atoms with Gasteiger partial charge in [-0.25, -0.2) is 13.1 Å². The Morgan fingerprint density at radius 1 is 0.967 bits per heavy atom. The minimum Gasteiger partial charge on any atom is -0.394 e. The Morgan fingerprint density at radius 3 is 2.07 bits per heavy atom. The van der Waals surface area contributed by atoms with Crippen molar-refractivity contribution >= 4 is 15.9 Å². The molecule has 0 aromatic carbocycles. The van der Waals surface area contributed by atoms with Gasteiger partial charge < -0.3 is 50.2 Å². The molecular weight excluding hydrogens is 432 g/mol. The van der Waals surface area contributed by atoms with Crippen LogP contribution in [0, 0.1) is 0 Å². The summed E-state index contributed by atoms with van der Waals surface area (Å²) in [6.45, 7) is -0.350. The predicted octanol–water partition coefficient (Wildman–Crippen LogP) is -5.70. The van der Waals surface area contributed by atoms with E-state index in [1.54, 1.807) is 0 Å². The molecule has 0 spiro atoms. The van der Waals surface area contributed by atoms with Crippen LogP contribution in [0.2, 0.25) is 0 Å². The van der Waals surface area contributed by atoms with Crippen molar-refractivity contribution in [3.05, 3.63) is 0 Å². The van der Waals surface area contributed by atoms with Gasteiger partial charge in [-0.05, 0) is 0 Å². The monoisotopic (exact) mass is 460 g/mol. The smallest absolute Gasteiger partial charge is 0.217 e. The van der Waals surface area contributed by atoms with Gasteiger partial charge in [-0.15, -0.1) is 0 Å². The Labute approximate surface area is 172 Å². The first-order valence-corrected chi connectivity index (χ1v) is 10.9. The SMILES string of the molecule is CC(=O)N[C@@H]1[C@@H](O)[C@H](O[C@@H]2O[C@H](CO)[C@H](O)[C@H](NS(C)(=O)=O)[C@H]2O)[C@@H](CO)O[C@H]1O. The van der Waals surface area contributed by atoms with Gasteiger partial charge in [0.25, 0.3) is 0 Å². The first kappa shape index (κ1) is 25.3. The average molecular weight is 460 g/mol. The fourth-order valence-corrected chi connectivity index (χ4v) is 4.15. The highest BCUT2D eigenvalue weighted by Gasteiger charge is 2.51. The molecule has 0 aromatic rings. The van der Waals surface area contributed by atoms with Crippen molar-refractivity contribution in [3.63, 3.8) is 0 Å². The van der Waals surface area contributed by atoms with Gasteiger partial charge in [0.1, 0.15) is 42.7 Å². The summed E-state index contributed by atoms with van der Waals surface area (Å²) in [6, 6.07) is -2.87. The quantitative estimate of drug-likeness (QED) is 0.178. The van der Waals surface area contributed by atoms with Crippen LogP contribution >= 0.6 is 0 Å². The summed E-state index contributed by atoms with van der Waals surface area (Å²) in [5.41, 5.74) is 0. The van der Waals surface area contributed by atoms with Crippen LogP contribution in [0.1, 0.15) is 6.92 Å². The van der Waals surface area contributed by atoms with Crippen LogP contribution in [0.25, 0.3) is 0 Å². The molecule has 2 saturated heterocycles. The second-order valence-electron chi connectivity index (χ2n) is 7.19. The van der Waals surface area contributed by atoms with E-state index in [0.29, 0.717) is 0 Å². The molecule has 2 rings (SSSR count). The number of sulfonamides is 1. The Bertz CT molecular complexity index is 693. The third-order valence-corrected chi connectivity index (χ3v) is 5.47. The lowest BCUT2D eigenvalue weighted by molar-refractivity contribution is -0.334. The summed E-state index contributed by atoms with van der Waals surface area (Å²) in [6.07, 6.45) is -11.7. The van der Waals surface area contributed by atoms with Crippen molar-refractivity contribution in [1.82, 2.24) is 10.0 Å². The molecule has 176 valence electrons. The first-order chi connectivity index (χ1) is 13.9. The van der Waals surface area contributed by atoms with E-state index in [9.17, 15) is 43.9 Å². The predicted molar refractivity (Wildman–Crippen MR) is 96.0 cm³/mol. The van der Waals surface area contributed by atoms with Gasteiger partial charge in [0, 0.05) is 6.92 Å². The maximum atomic E-state index is 11.6. The molecule has 0 saturated carbocycles. The lowest BCUT2D eigenvalue weighted by Gasteiger charge is -2.47. The van der Waals surface area contributed by atoms with Crippen LogP contribution in [0.5, 0.6) is 0 Å². The van der Waals surface area contributed by atoms with Crippen molar-refractivity contribution in [2.24, 2.45) is 0 Å². The first-order valence-electron chi connectivity index (χ1n) is 9.04. The minimum absolute atomic E-state index is 0.599.